The number of allylic oxidation sites excluding steroid dienone is 4. The van der Waals surface area contributed by atoms with E-state index in [0.717, 1.165) is 0 Å². The maximum Gasteiger partial charge on any atom is 0.695 e. The summed E-state index contributed by atoms with van der Waals surface area (Å²) >= 11 is 0. The first-order valence-electron chi connectivity index (χ1n) is 10.7. The monoisotopic (exact) mass is 455 g/mol. The minimum Gasteiger partial charge on any atom is -0.390 e. The molecule has 0 radical (unpaired) electrons. The van der Waals surface area contributed by atoms with Crippen LogP contribution in [0.25, 0.3) is 0 Å². The highest BCUT2D eigenvalue weighted by molar-refractivity contribution is 7.32. The van der Waals surface area contributed by atoms with Gasteiger partial charge in [-0.3, -0.25) is 9.59 Å². The number of fused-ring (bicyclic) bond motifs is 5. The molecule has 0 spiro atoms. The van der Waals surface area contributed by atoms with Crippen LogP contribution >= 0.6 is 8.25 Å². The number of carbonyl (C=O) groups excluding carboxylic acids is 2. The third kappa shape index (κ3) is 2.78. The van der Waals surface area contributed by atoms with E-state index in [1.54, 1.807) is 26.8 Å². The molecule has 0 amide bonds. The van der Waals surface area contributed by atoms with Gasteiger partial charge in [-0.2, -0.15) is 0 Å². The fourth-order valence-electron chi connectivity index (χ4n) is 7.36. The first kappa shape index (κ1) is 22.9. The maximum absolute atomic E-state index is 17.0. The fraction of sp³-hybridized carbons (Fsp3) is 0.727. The number of rotatable bonds is 4. The predicted octanol–water partition coefficient (Wildman–Crippen LogP) is 2.57. The van der Waals surface area contributed by atoms with Crippen LogP contribution in [-0.2, 0) is 18.7 Å². The van der Waals surface area contributed by atoms with Crippen molar-refractivity contribution < 1.29 is 38.2 Å². The summed E-state index contributed by atoms with van der Waals surface area (Å²) in [6.07, 6.45) is 4.03. The van der Waals surface area contributed by atoms with Gasteiger partial charge in [0.2, 0.25) is 0 Å². The highest BCUT2D eigenvalue weighted by atomic mass is 31.1. The lowest BCUT2D eigenvalue weighted by molar-refractivity contribution is -0.219. The Hall–Kier alpha value is -1.31. The number of hydrogen-bond donors (Lipinski definition) is 3. The molecule has 3 fully saturated rings. The predicted molar refractivity (Wildman–Crippen MR) is 109 cm³/mol. The molecule has 0 aliphatic heterocycles. The summed E-state index contributed by atoms with van der Waals surface area (Å²) in [5.41, 5.74) is -5.56. The van der Waals surface area contributed by atoms with E-state index in [2.05, 4.69) is 4.52 Å². The quantitative estimate of drug-likeness (QED) is 0.557. The van der Waals surface area contributed by atoms with E-state index in [4.69, 9.17) is 4.89 Å². The van der Waals surface area contributed by atoms with E-state index < -0.39 is 66.6 Å². The lowest BCUT2D eigenvalue weighted by atomic mass is 9.44. The van der Waals surface area contributed by atoms with Crippen LogP contribution in [0.5, 0.6) is 0 Å². The van der Waals surface area contributed by atoms with Gasteiger partial charge in [-0.05, 0) is 56.6 Å². The molecule has 3 N–H and O–H groups in total. The molecule has 4 aliphatic rings. The van der Waals surface area contributed by atoms with Crippen LogP contribution in [0.3, 0.4) is 0 Å². The van der Waals surface area contributed by atoms with Crippen molar-refractivity contribution >= 4 is 19.8 Å². The summed E-state index contributed by atoms with van der Waals surface area (Å²) in [7, 11) is -3.00. The Morgan fingerprint density at radius 2 is 2.03 bits per heavy atom. The Bertz CT molecular complexity index is 918. The van der Waals surface area contributed by atoms with Crippen molar-refractivity contribution in [2.45, 2.75) is 63.8 Å². The van der Waals surface area contributed by atoms with Crippen molar-refractivity contribution in [1.82, 2.24) is 0 Å². The lowest BCUT2D eigenvalue weighted by Crippen LogP contribution is -2.69. The van der Waals surface area contributed by atoms with Crippen molar-refractivity contribution in [2.24, 2.45) is 28.6 Å². The molecule has 0 aromatic rings. The number of Topliss-reactive ketones (excluding diaryl/α,β-unsaturated/α-hetero) is 1. The van der Waals surface area contributed by atoms with E-state index in [1.807, 2.05) is 0 Å². The molecule has 9 heteroatoms. The Balaban J connectivity index is 1.76. The molecule has 0 bridgehead atoms. The topological polar surface area (TPSA) is 121 Å². The minimum atomic E-state index is -3.00. The van der Waals surface area contributed by atoms with E-state index in [0.29, 0.717) is 24.8 Å². The van der Waals surface area contributed by atoms with Gasteiger partial charge in [-0.25, -0.2) is 4.39 Å². The van der Waals surface area contributed by atoms with E-state index >= 15 is 4.39 Å². The van der Waals surface area contributed by atoms with Crippen LogP contribution < -0.4 is 0 Å². The van der Waals surface area contributed by atoms with Gasteiger partial charge in [0.15, 0.2) is 23.8 Å². The minimum absolute atomic E-state index is 0.146. The van der Waals surface area contributed by atoms with Gasteiger partial charge in [-0.1, -0.05) is 25.5 Å². The largest absolute Gasteiger partial charge is 0.695 e. The molecule has 170 valence electrons. The van der Waals surface area contributed by atoms with Crippen LogP contribution in [0, 0.1) is 28.6 Å². The normalized spacial score (nSPS) is 49.1. The molecule has 0 heterocycles. The SMILES string of the molecule is C[C@H]1C[C@H]2[C@@H]3CCC4=CC(=O)C=C[C@]4(C)[C@@]3(F)[C@@H](O)C[C@]2(C)[C@@]1(O)C(=O)CO[P+](=O)O. The van der Waals surface area contributed by atoms with Gasteiger partial charge in [-0.15, -0.1) is 9.42 Å². The summed E-state index contributed by atoms with van der Waals surface area (Å²) < 4.78 is 32.5. The second-order valence-electron chi connectivity index (χ2n) is 10.1. The zero-order chi connectivity index (χ0) is 23.0. The molecule has 4 rings (SSSR count). The van der Waals surface area contributed by atoms with E-state index in [9.17, 15) is 24.4 Å². The molecule has 3 saturated carbocycles. The van der Waals surface area contributed by atoms with Gasteiger partial charge in [0.1, 0.15) is 5.60 Å². The first-order chi connectivity index (χ1) is 14.3. The van der Waals surface area contributed by atoms with Crippen molar-refractivity contribution in [2.75, 3.05) is 6.61 Å². The Morgan fingerprint density at radius 1 is 1.35 bits per heavy atom. The number of alkyl halides is 1. The zero-order valence-electron chi connectivity index (χ0n) is 17.9. The molecule has 4 aliphatic carbocycles. The van der Waals surface area contributed by atoms with Crippen LogP contribution in [0.4, 0.5) is 4.39 Å². The average Bonchev–Trinajstić information content (AvgIpc) is 2.89. The molecule has 1 unspecified atom stereocenters. The molecule has 0 aromatic carbocycles. The molecule has 9 atom stereocenters. The van der Waals surface area contributed by atoms with Crippen molar-refractivity contribution in [3.05, 3.63) is 23.8 Å². The number of aliphatic hydroxyl groups excluding tert-OH is 1. The van der Waals surface area contributed by atoms with Gasteiger partial charge >= 0.3 is 8.25 Å². The first-order valence-corrected chi connectivity index (χ1v) is 11.8. The summed E-state index contributed by atoms with van der Waals surface area (Å²) in [6, 6.07) is 0. The molecular formula is C22H29FO7P+. The van der Waals surface area contributed by atoms with Gasteiger partial charge in [0.05, 0.1) is 6.10 Å². The van der Waals surface area contributed by atoms with Crippen molar-refractivity contribution in [1.29, 1.82) is 0 Å². The number of carbonyl (C=O) groups is 2. The number of hydrogen-bond acceptors (Lipinski definition) is 6. The molecule has 7 nitrogen and oxygen atoms in total. The van der Waals surface area contributed by atoms with Crippen molar-refractivity contribution in [3.8, 4) is 0 Å². The standard InChI is InChI=1S/C22H28FO7P/c1-12-8-16-15-5-4-13-9-14(24)6-7-19(13,2)21(15,23)17(25)10-20(16,3)22(12,27)18(26)11-30-31(28)29/h6-7,9,12,15-17,25,27H,4-5,8,10-11H2,1-3H3/p+1/t12-,15-,16-,17-,19-,20-,21-,22-/m0/s1. The zero-order valence-corrected chi connectivity index (χ0v) is 18.8. The van der Waals surface area contributed by atoms with Gasteiger partial charge in [0.25, 0.3) is 0 Å². The summed E-state index contributed by atoms with van der Waals surface area (Å²) in [5.74, 6) is -2.48. The number of ketones is 2. The van der Waals surface area contributed by atoms with Crippen LogP contribution in [0.15, 0.2) is 23.8 Å². The molecule has 0 aromatic heterocycles. The Labute approximate surface area is 181 Å². The lowest BCUT2D eigenvalue weighted by Gasteiger charge is -2.62. The van der Waals surface area contributed by atoms with Crippen LogP contribution in [0.1, 0.15) is 46.5 Å². The fourth-order valence-corrected chi connectivity index (χ4v) is 7.59. The third-order valence-corrected chi connectivity index (χ3v) is 9.30. The van der Waals surface area contributed by atoms with Gasteiger partial charge < -0.3 is 10.2 Å². The Kier molecular flexibility index (Phi) is 5.23. The molecule has 31 heavy (non-hydrogen) atoms. The maximum atomic E-state index is 17.0. The van der Waals surface area contributed by atoms with Crippen LogP contribution in [0.2, 0.25) is 0 Å². The van der Waals surface area contributed by atoms with E-state index in [1.165, 1.54) is 12.2 Å². The number of aliphatic hydroxyl groups is 2. The second-order valence-corrected chi connectivity index (χ2v) is 10.8. The van der Waals surface area contributed by atoms with E-state index in [-0.39, 0.29) is 12.2 Å². The van der Waals surface area contributed by atoms with Crippen LogP contribution in [-0.4, -0.2) is 50.7 Å². The highest BCUT2D eigenvalue weighted by Crippen LogP contribution is 2.70. The summed E-state index contributed by atoms with van der Waals surface area (Å²) in [6.45, 7) is 4.39. The van der Waals surface area contributed by atoms with Crippen molar-refractivity contribution in [3.63, 3.8) is 0 Å². The summed E-state index contributed by atoms with van der Waals surface area (Å²) in [4.78, 5) is 33.8. The Morgan fingerprint density at radius 3 is 2.68 bits per heavy atom. The smallest absolute Gasteiger partial charge is 0.390 e. The highest BCUT2D eigenvalue weighted by Gasteiger charge is 2.75. The second kappa shape index (κ2) is 7.09. The molecule has 0 saturated heterocycles. The summed E-state index contributed by atoms with van der Waals surface area (Å²) in [5, 5.41) is 22.8. The third-order valence-electron chi connectivity index (χ3n) is 8.95. The molecular weight excluding hydrogens is 426 g/mol. The van der Waals surface area contributed by atoms with Gasteiger partial charge in [0, 0.05) is 21.3 Å². The average molecular weight is 455 g/mol. The number of halogens is 1.